The van der Waals surface area contributed by atoms with Gasteiger partial charge in [-0.25, -0.2) is 9.59 Å². The SMILES string of the molecule is O=C(O)C(F)(F)F.O=C(O)C(F)(F)F.c1ccc(CCN2CCCC3(CC2)CN(Cc2cccs2)CCO3)cc1. The van der Waals surface area contributed by atoms with Crippen molar-refractivity contribution < 1.29 is 50.9 Å². The molecule has 2 fully saturated rings. The van der Waals surface area contributed by atoms with Crippen LogP contribution in [0.25, 0.3) is 0 Å². The smallest absolute Gasteiger partial charge is 0.475 e. The van der Waals surface area contributed by atoms with Crippen LogP contribution in [0.3, 0.4) is 0 Å². The van der Waals surface area contributed by atoms with Crippen LogP contribution in [0.4, 0.5) is 26.3 Å². The molecular formula is C26H32F6N2O5S. The molecule has 40 heavy (non-hydrogen) atoms. The van der Waals surface area contributed by atoms with Crippen molar-refractivity contribution in [2.24, 2.45) is 0 Å². The number of ether oxygens (including phenoxy) is 1. The van der Waals surface area contributed by atoms with Gasteiger partial charge in [0.15, 0.2) is 0 Å². The Hall–Kier alpha value is -2.68. The molecular weight excluding hydrogens is 566 g/mol. The van der Waals surface area contributed by atoms with Crippen molar-refractivity contribution in [1.29, 1.82) is 0 Å². The fraction of sp³-hybridized carbons (Fsp3) is 0.538. The number of rotatable bonds is 5. The highest BCUT2D eigenvalue weighted by molar-refractivity contribution is 7.09. The van der Waals surface area contributed by atoms with Crippen molar-refractivity contribution in [2.45, 2.75) is 50.2 Å². The highest BCUT2D eigenvalue weighted by Gasteiger charge is 2.39. The number of morpholine rings is 1. The topological polar surface area (TPSA) is 90.3 Å². The van der Waals surface area contributed by atoms with E-state index in [-0.39, 0.29) is 5.60 Å². The second-order valence-corrected chi connectivity index (χ2v) is 10.4. The zero-order valence-electron chi connectivity index (χ0n) is 21.6. The quantitative estimate of drug-likeness (QED) is 0.451. The summed E-state index contributed by atoms with van der Waals surface area (Å²) in [5, 5.41) is 16.4. The van der Waals surface area contributed by atoms with Crippen molar-refractivity contribution >= 4 is 23.3 Å². The van der Waals surface area contributed by atoms with E-state index in [4.69, 9.17) is 24.5 Å². The summed E-state index contributed by atoms with van der Waals surface area (Å²) in [5.74, 6) is -5.51. The van der Waals surface area contributed by atoms with Gasteiger partial charge in [-0.3, -0.25) is 4.90 Å². The lowest BCUT2D eigenvalue weighted by Crippen LogP contribution is -2.51. The van der Waals surface area contributed by atoms with Gasteiger partial charge in [0.2, 0.25) is 0 Å². The number of nitrogens with zero attached hydrogens (tertiary/aromatic N) is 2. The molecule has 1 spiro atoms. The lowest BCUT2D eigenvalue weighted by atomic mass is 9.92. The molecule has 2 aromatic rings. The van der Waals surface area contributed by atoms with E-state index >= 15 is 0 Å². The van der Waals surface area contributed by atoms with Crippen molar-refractivity contribution in [2.75, 3.05) is 39.3 Å². The predicted octanol–water partition coefficient (Wildman–Crippen LogP) is 5.31. The Morgan fingerprint density at radius 1 is 0.875 bits per heavy atom. The molecule has 0 amide bonds. The van der Waals surface area contributed by atoms with Crippen LogP contribution in [0.1, 0.15) is 29.7 Å². The molecule has 3 heterocycles. The molecule has 2 aliphatic rings. The van der Waals surface area contributed by atoms with Gasteiger partial charge in [0, 0.05) is 37.6 Å². The average molecular weight is 599 g/mol. The van der Waals surface area contributed by atoms with E-state index in [9.17, 15) is 26.3 Å². The molecule has 2 aliphatic heterocycles. The Balaban J connectivity index is 0.000000333. The molecule has 1 unspecified atom stereocenters. The zero-order chi connectivity index (χ0) is 29.8. The Bertz CT molecular complexity index is 1010. The van der Waals surface area contributed by atoms with Gasteiger partial charge in [0.1, 0.15) is 0 Å². The summed E-state index contributed by atoms with van der Waals surface area (Å²) >= 11 is 1.87. The van der Waals surface area contributed by atoms with Crippen LogP contribution in [0.5, 0.6) is 0 Å². The number of carboxylic acids is 2. The summed E-state index contributed by atoms with van der Waals surface area (Å²) in [4.78, 5) is 24.5. The minimum Gasteiger partial charge on any atom is -0.475 e. The van der Waals surface area contributed by atoms with Crippen LogP contribution in [-0.4, -0.2) is 89.2 Å². The number of thiophene rings is 1. The van der Waals surface area contributed by atoms with Crippen LogP contribution < -0.4 is 0 Å². The van der Waals surface area contributed by atoms with Gasteiger partial charge in [-0.1, -0.05) is 36.4 Å². The second kappa shape index (κ2) is 15.4. The molecule has 4 rings (SSSR count). The van der Waals surface area contributed by atoms with Gasteiger partial charge in [-0.15, -0.1) is 11.3 Å². The molecule has 2 saturated heterocycles. The molecule has 224 valence electrons. The van der Waals surface area contributed by atoms with E-state index < -0.39 is 24.3 Å². The number of halogens is 6. The van der Waals surface area contributed by atoms with Crippen molar-refractivity contribution in [3.05, 3.63) is 58.3 Å². The lowest BCUT2D eigenvalue weighted by molar-refractivity contribution is -0.193. The highest BCUT2D eigenvalue weighted by atomic mass is 32.1. The van der Waals surface area contributed by atoms with Crippen LogP contribution >= 0.6 is 11.3 Å². The monoisotopic (exact) mass is 598 g/mol. The first-order valence-corrected chi connectivity index (χ1v) is 13.3. The van der Waals surface area contributed by atoms with Gasteiger partial charge in [0.05, 0.1) is 12.2 Å². The molecule has 0 saturated carbocycles. The van der Waals surface area contributed by atoms with E-state index in [0.29, 0.717) is 0 Å². The van der Waals surface area contributed by atoms with Gasteiger partial charge in [-0.2, -0.15) is 26.3 Å². The predicted molar refractivity (Wildman–Crippen MR) is 136 cm³/mol. The third kappa shape index (κ3) is 12.2. The van der Waals surface area contributed by atoms with Gasteiger partial charge >= 0.3 is 24.3 Å². The van der Waals surface area contributed by atoms with Gasteiger partial charge < -0.3 is 19.8 Å². The third-order valence-electron chi connectivity index (χ3n) is 6.32. The minimum absolute atomic E-state index is 0.0804. The normalized spacial score (nSPS) is 20.4. The van der Waals surface area contributed by atoms with E-state index in [1.807, 2.05) is 11.3 Å². The maximum atomic E-state index is 10.6. The highest BCUT2D eigenvalue weighted by Crippen LogP contribution is 2.31. The molecule has 1 aromatic heterocycles. The van der Waals surface area contributed by atoms with E-state index in [1.165, 1.54) is 49.3 Å². The van der Waals surface area contributed by atoms with Crippen LogP contribution in [-0.2, 0) is 27.3 Å². The van der Waals surface area contributed by atoms with E-state index in [1.54, 1.807) is 0 Å². The molecule has 0 aliphatic carbocycles. The summed E-state index contributed by atoms with van der Waals surface area (Å²) < 4.78 is 69.9. The van der Waals surface area contributed by atoms with E-state index in [2.05, 4.69) is 57.6 Å². The Morgan fingerprint density at radius 2 is 1.50 bits per heavy atom. The molecule has 0 bridgehead atoms. The van der Waals surface area contributed by atoms with Crippen LogP contribution in [0.2, 0.25) is 0 Å². The van der Waals surface area contributed by atoms with E-state index in [0.717, 1.165) is 32.7 Å². The largest absolute Gasteiger partial charge is 0.490 e. The number of hydrogen-bond acceptors (Lipinski definition) is 6. The van der Waals surface area contributed by atoms with Crippen molar-refractivity contribution in [3.8, 4) is 0 Å². The van der Waals surface area contributed by atoms with Crippen LogP contribution in [0, 0.1) is 0 Å². The molecule has 1 aromatic carbocycles. The summed E-state index contributed by atoms with van der Waals surface area (Å²) in [6, 6.07) is 15.3. The molecule has 14 heteroatoms. The Labute approximate surface area is 232 Å². The first-order chi connectivity index (χ1) is 18.7. The number of carbonyl (C=O) groups is 2. The second-order valence-electron chi connectivity index (χ2n) is 9.36. The first kappa shape index (κ1) is 33.5. The summed E-state index contributed by atoms with van der Waals surface area (Å²) in [6.45, 7) is 7.67. The zero-order valence-corrected chi connectivity index (χ0v) is 22.4. The van der Waals surface area contributed by atoms with Crippen LogP contribution in [0.15, 0.2) is 47.8 Å². The average Bonchev–Trinajstić information content (AvgIpc) is 3.31. The number of aliphatic carboxylic acids is 2. The van der Waals surface area contributed by atoms with Gasteiger partial charge in [-0.05, 0) is 49.2 Å². The molecule has 1 atom stereocenters. The maximum absolute atomic E-state index is 10.6. The minimum atomic E-state index is -5.08. The number of benzene rings is 1. The Morgan fingerprint density at radius 3 is 2.05 bits per heavy atom. The number of hydrogen-bond donors (Lipinski definition) is 2. The summed E-state index contributed by atoms with van der Waals surface area (Å²) in [7, 11) is 0. The fourth-order valence-corrected chi connectivity index (χ4v) is 5.11. The first-order valence-electron chi connectivity index (χ1n) is 12.5. The lowest BCUT2D eigenvalue weighted by Gasteiger charge is -2.42. The van der Waals surface area contributed by atoms with Crippen molar-refractivity contribution in [3.63, 3.8) is 0 Å². The van der Waals surface area contributed by atoms with Crippen molar-refractivity contribution in [1.82, 2.24) is 9.80 Å². The molecule has 7 nitrogen and oxygen atoms in total. The fourth-order valence-electron chi connectivity index (χ4n) is 4.36. The molecule has 2 N–H and O–H groups in total. The standard InChI is InChI=1S/C22H30N2OS.2C2HF3O2/c1-2-6-20(7-3-1)9-13-23-12-5-10-22(11-14-23)19-24(15-16-25-22)18-21-8-4-17-26-21;2*3-2(4,5)1(6)7/h1-4,6-8,17H,5,9-16,18-19H2;2*(H,6,7). The summed E-state index contributed by atoms with van der Waals surface area (Å²) in [5.41, 5.74) is 1.53. The maximum Gasteiger partial charge on any atom is 0.490 e. The summed E-state index contributed by atoms with van der Waals surface area (Å²) in [6.07, 6.45) is -5.39. The third-order valence-corrected chi connectivity index (χ3v) is 7.18. The van der Waals surface area contributed by atoms with Gasteiger partial charge in [0.25, 0.3) is 0 Å². The number of carboxylic acid groups (broad SMARTS) is 2. The Kier molecular flexibility index (Phi) is 12.9. The number of likely N-dealkylation sites (tertiary alicyclic amines) is 1. The molecule has 0 radical (unpaired) electrons. The number of alkyl halides is 6.